The second-order valence-electron chi connectivity index (χ2n) is 14.9. The minimum Gasteiger partial charge on any atom is -0.387 e. The SMILES string of the molecule is CCCCCCCCC/C=C/C(O)C(COP(=O)(O)OCCN)NC(=O)CCCCCCCCCCCCCCCCCCCCCCCCC. The number of aliphatic hydroxyl groups excluding tert-OH is 1. The number of unbranched alkanes of at least 4 members (excludes halogenated alkanes) is 29. The number of amides is 1. The Kier molecular flexibility index (Phi) is 38.4. The Morgan fingerprint density at radius 1 is 0.627 bits per heavy atom. The number of hydrogen-bond donors (Lipinski definition) is 4. The summed E-state index contributed by atoms with van der Waals surface area (Å²) in [5, 5.41) is 13.6. The van der Waals surface area contributed by atoms with Crippen LogP contribution < -0.4 is 11.1 Å². The number of rotatable bonds is 41. The quantitative estimate of drug-likeness (QED) is 0.0278. The van der Waals surface area contributed by atoms with Gasteiger partial charge >= 0.3 is 7.82 Å². The number of carbonyl (C=O) groups excluding carboxylic acids is 1. The number of nitrogens with one attached hydrogen (secondary N) is 1. The van der Waals surface area contributed by atoms with E-state index in [9.17, 15) is 19.4 Å². The highest BCUT2D eigenvalue weighted by atomic mass is 31.2. The Balaban J connectivity index is 3.98. The number of carbonyl (C=O) groups is 1. The lowest BCUT2D eigenvalue weighted by Crippen LogP contribution is -2.45. The summed E-state index contributed by atoms with van der Waals surface area (Å²) in [5.41, 5.74) is 5.36. The van der Waals surface area contributed by atoms with Gasteiger partial charge in [0.15, 0.2) is 0 Å². The van der Waals surface area contributed by atoms with Crippen molar-refractivity contribution in [1.82, 2.24) is 5.32 Å². The van der Waals surface area contributed by atoms with Crippen LogP contribution in [-0.2, 0) is 18.4 Å². The van der Waals surface area contributed by atoms with Gasteiger partial charge in [-0.1, -0.05) is 206 Å². The molecular formula is C42H85N2O6P. The molecule has 0 saturated carbocycles. The highest BCUT2D eigenvalue weighted by Gasteiger charge is 2.26. The highest BCUT2D eigenvalue weighted by Crippen LogP contribution is 2.43. The molecule has 0 aliphatic heterocycles. The van der Waals surface area contributed by atoms with Crippen LogP contribution in [0.5, 0.6) is 0 Å². The third kappa shape index (κ3) is 37.4. The maximum Gasteiger partial charge on any atom is 0.472 e. The largest absolute Gasteiger partial charge is 0.472 e. The van der Waals surface area contributed by atoms with E-state index in [4.69, 9.17) is 14.8 Å². The minimum atomic E-state index is -4.33. The molecule has 8 nitrogen and oxygen atoms in total. The first-order valence-electron chi connectivity index (χ1n) is 21.8. The summed E-state index contributed by atoms with van der Waals surface area (Å²) in [6.45, 7) is 4.12. The van der Waals surface area contributed by atoms with Crippen molar-refractivity contribution in [2.24, 2.45) is 5.73 Å². The molecule has 0 aliphatic carbocycles. The molecule has 0 spiro atoms. The van der Waals surface area contributed by atoms with Gasteiger partial charge in [-0.15, -0.1) is 0 Å². The Bertz CT molecular complexity index is 814. The first-order chi connectivity index (χ1) is 24.9. The number of phosphoric acid groups is 1. The van der Waals surface area contributed by atoms with Crippen LogP contribution in [0.3, 0.4) is 0 Å². The molecule has 0 radical (unpaired) electrons. The average Bonchev–Trinajstić information content (AvgIpc) is 3.12. The first-order valence-corrected chi connectivity index (χ1v) is 23.3. The van der Waals surface area contributed by atoms with Gasteiger partial charge in [-0.25, -0.2) is 4.57 Å². The Hall–Kier alpha value is -0.760. The van der Waals surface area contributed by atoms with Gasteiger partial charge in [-0.05, 0) is 19.3 Å². The molecule has 3 atom stereocenters. The Labute approximate surface area is 315 Å². The summed E-state index contributed by atoms with van der Waals surface area (Å²) >= 11 is 0. The summed E-state index contributed by atoms with van der Waals surface area (Å²) in [6, 6.07) is -0.853. The number of phosphoric ester groups is 1. The van der Waals surface area contributed by atoms with Crippen molar-refractivity contribution in [3.63, 3.8) is 0 Å². The fourth-order valence-electron chi connectivity index (χ4n) is 6.54. The van der Waals surface area contributed by atoms with Gasteiger partial charge in [-0.2, -0.15) is 0 Å². The molecule has 0 aliphatic rings. The van der Waals surface area contributed by atoms with Crippen molar-refractivity contribution in [1.29, 1.82) is 0 Å². The van der Waals surface area contributed by atoms with E-state index >= 15 is 0 Å². The van der Waals surface area contributed by atoms with E-state index in [1.54, 1.807) is 6.08 Å². The van der Waals surface area contributed by atoms with Crippen LogP contribution in [0.25, 0.3) is 0 Å². The number of hydrogen-bond acceptors (Lipinski definition) is 6. The molecule has 0 aromatic heterocycles. The zero-order valence-corrected chi connectivity index (χ0v) is 34.5. The maximum atomic E-state index is 12.7. The summed E-state index contributed by atoms with van der Waals surface area (Å²) in [4.78, 5) is 22.6. The van der Waals surface area contributed by atoms with Crippen molar-refractivity contribution < 1.29 is 28.4 Å². The monoisotopic (exact) mass is 745 g/mol. The fourth-order valence-corrected chi connectivity index (χ4v) is 7.30. The van der Waals surface area contributed by atoms with Gasteiger partial charge < -0.3 is 21.1 Å². The van der Waals surface area contributed by atoms with Crippen LogP contribution in [0.1, 0.15) is 219 Å². The van der Waals surface area contributed by atoms with E-state index in [0.29, 0.717) is 6.42 Å². The van der Waals surface area contributed by atoms with E-state index in [-0.39, 0.29) is 25.7 Å². The molecule has 0 heterocycles. The van der Waals surface area contributed by atoms with E-state index < -0.39 is 20.0 Å². The van der Waals surface area contributed by atoms with Crippen molar-refractivity contribution in [3.8, 4) is 0 Å². The van der Waals surface area contributed by atoms with Crippen molar-refractivity contribution >= 4 is 13.7 Å². The molecule has 0 aromatic rings. The van der Waals surface area contributed by atoms with E-state index in [2.05, 4.69) is 19.2 Å². The molecular weight excluding hydrogens is 659 g/mol. The summed E-state index contributed by atoms with van der Waals surface area (Å²) in [7, 11) is -4.33. The lowest BCUT2D eigenvalue weighted by Gasteiger charge is -2.23. The topological polar surface area (TPSA) is 131 Å². The molecule has 5 N–H and O–H groups in total. The molecule has 304 valence electrons. The number of allylic oxidation sites excluding steroid dienone is 1. The maximum absolute atomic E-state index is 12.7. The lowest BCUT2D eigenvalue weighted by molar-refractivity contribution is -0.123. The van der Waals surface area contributed by atoms with Crippen LogP contribution in [0.2, 0.25) is 0 Å². The van der Waals surface area contributed by atoms with E-state index in [1.807, 2.05) is 6.08 Å². The van der Waals surface area contributed by atoms with Gasteiger partial charge in [0.05, 0.1) is 25.4 Å². The predicted octanol–water partition coefficient (Wildman–Crippen LogP) is 12.0. The Morgan fingerprint density at radius 2 is 1.00 bits per heavy atom. The zero-order chi connectivity index (χ0) is 37.5. The van der Waals surface area contributed by atoms with Crippen molar-refractivity contribution in [2.45, 2.75) is 231 Å². The summed E-state index contributed by atoms with van der Waals surface area (Å²) in [6.07, 6.45) is 42.8. The Morgan fingerprint density at radius 3 is 1.39 bits per heavy atom. The van der Waals surface area contributed by atoms with Crippen LogP contribution in [0, 0.1) is 0 Å². The minimum absolute atomic E-state index is 0.0810. The summed E-state index contributed by atoms with van der Waals surface area (Å²) in [5.74, 6) is -0.192. The molecule has 0 saturated heterocycles. The van der Waals surface area contributed by atoms with Gasteiger partial charge in [0, 0.05) is 13.0 Å². The predicted molar refractivity (Wildman–Crippen MR) is 217 cm³/mol. The van der Waals surface area contributed by atoms with Gasteiger partial charge in [0.1, 0.15) is 0 Å². The van der Waals surface area contributed by atoms with Crippen LogP contribution in [0.15, 0.2) is 12.2 Å². The van der Waals surface area contributed by atoms with Gasteiger partial charge in [0.2, 0.25) is 5.91 Å². The molecule has 1 amide bonds. The van der Waals surface area contributed by atoms with Gasteiger partial charge in [-0.3, -0.25) is 13.8 Å². The third-order valence-electron chi connectivity index (χ3n) is 9.86. The summed E-state index contributed by atoms with van der Waals surface area (Å²) < 4.78 is 22.0. The van der Waals surface area contributed by atoms with Gasteiger partial charge in [0.25, 0.3) is 0 Å². The van der Waals surface area contributed by atoms with Crippen LogP contribution >= 0.6 is 7.82 Å². The van der Waals surface area contributed by atoms with Crippen LogP contribution in [-0.4, -0.2) is 47.8 Å². The van der Waals surface area contributed by atoms with Crippen molar-refractivity contribution in [2.75, 3.05) is 19.8 Å². The standard InChI is InChI=1S/C42H85N2O6P/c1-3-5-7-9-11-13-14-15-16-17-18-19-20-21-22-23-24-25-26-28-30-32-34-36-42(46)44-40(39-50-51(47,48)49-38-37-43)41(45)35-33-31-29-27-12-10-8-6-4-2/h33,35,40-41,45H,3-32,34,36-39,43H2,1-2H3,(H,44,46)(H,47,48)/b35-33+. The average molecular weight is 745 g/mol. The van der Waals surface area contributed by atoms with Crippen molar-refractivity contribution in [3.05, 3.63) is 12.2 Å². The molecule has 0 fully saturated rings. The number of nitrogens with two attached hydrogens (primary N) is 1. The highest BCUT2D eigenvalue weighted by molar-refractivity contribution is 7.47. The normalized spacial score (nSPS) is 14.2. The second-order valence-corrected chi connectivity index (χ2v) is 16.4. The lowest BCUT2D eigenvalue weighted by atomic mass is 10.0. The second kappa shape index (κ2) is 38.9. The molecule has 51 heavy (non-hydrogen) atoms. The zero-order valence-electron chi connectivity index (χ0n) is 33.6. The molecule has 9 heteroatoms. The molecule has 0 rings (SSSR count). The fraction of sp³-hybridized carbons (Fsp3) is 0.929. The number of aliphatic hydroxyl groups is 1. The molecule has 3 unspecified atom stereocenters. The van der Waals surface area contributed by atoms with E-state index in [1.165, 1.54) is 161 Å². The smallest absolute Gasteiger partial charge is 0.387 e. The molecule has 0 aromatic carbocycles. The van der Waals surface area contributed by atoms with Crippen LogP contribution in [0.4, 0.5) is 0 Å². The third-order valence-corrected chi connectivity index (χ3v) is 10.8. The van der Waals surface area contributed by atoms with E-state index in [0.717, 1.165) is 38.5 Å². The molecule has 0 bridgehead atoms. The first kappa shape index (κ1) is 50.2.